The van der Waals surface area contributed by atoms with E-state index in [0.29, 0.717) is 21.3 Å². The van der Waals surface area contributed by atoms with Crippen LogP contribution in [0.2, 0.25) is 5.02 Å². The van der Waals surface area contributed by atoms with Crippen LogP contribution in [-0.2, 0) is 7.05 Å². The molecule has 4 heterocycles. The fraction of sp³-hybridized carbons (Fsp3) is 0.100. The highest BCUT2D eigenvalue weighted by molar-refractivity contribution is 7.92. The lowest BCUT2D eigenvalue weighted by molar-refractivity contribution is 0.387. The second-order valence-corrected chi connectivity index (χ2v) is 8.91. The largest absolute Gasteiger partial charge is 0.494 e. The first-order valence-electron chi connectivity index (χ1n) is 9.26. The molecule has 5 rings (SSSR count). The predicted octanol–water partition coefficient (Wildman–Crippen LogP) is 4.34. The van der Waals surface area contributed by atoms with Crippen molar-refractivity contribution >= 4 is 56.4 Å². The third-order valence-electron chi connectivity index (χ3n) is 5.13. The van der Waals surface area contributed by atoms with Crippen molar-refractivity contribution in [1.29, 1.82) is 0 Å². The quantitative estimate of drug-likeness (QED) is 0.360. The highest BCUT2D eigenvalue weighted by Gasteiger charge is 2.22. The minimum absolute atomic E-state index is 0.0458. The van der Waals surface area contributed by atoms with E-state index >= 15 is 0 Å². The fourth-order valence-corrected chi connectivity index (χ4v) is 5.46. The van der Waals surface area contributed by atoms with Crippen molar-refractivity contribution in [2.45, 2.75) is 0 Å². The SMILES string of the molecule is COc1cc(-c2cc3c(s2)c(=O)n(-c2cncc4cnn(C)c24)c(=O)n3SF)c(Cl)cc1F. The molecule has 0 N–H and O–H groups in total. The van der Waals surface area contributed by atoms with Gasteiger partial charge < -0.3 is 4.74 Å². The maximum atomic E-state index is 14.0. The van der Waals surface area contributed by atoms with Gasteiger partial charge in [-0.25, -0.2) is 17.7 Å². The molecule has 1 aromatic carbocycles. The number of hydrogen-bond acceptors (Lipinski definition) is 7. The highest BCUT2D eigenvalue weighted by Crippen LogP contribution is 2.39. The number of pyridine rings is 1. The van der Waals surface area contributed by atoms with Crippen molar-refractivity contribution in [2.75, 3.05) is 7.11 Å². The van der Waals surface area contributed by atoms with Crippen molar-refractivity contribution in [3.05, 3.63) is 68.5 Å². The van der Waals surface area contributed by atoms with Crippen molar-refractivity contribution in [1.82, 2.24) is 23.3 Å². The van der Waals surface area contributed by atoms with E-state index in [1.807, 2.05) is 0 Å². The molecule has 5 aromatic rings. The maximum absolute atomic E-state index is 14.0. The van der Waals surface area contributed by atoms with E-state index in [1.165, 1.54) is 30.1 Å². The molecule has 0 spiro atoms. The van der Waals surface area contributed by atoms with Gasteiger partial charge >= 0.3 is 5.69 Å². The monoisotopic (exact) mass is 507 g/mol. The van der Waals surface area contributed by atoms with E-state index in [-0.39, 0.29) is 39.0 Å². The van der Waals surface area contributed by atoms with E-state index in [9.17, 15) is 17.9 Å². The molecule has 0 saturated carbocycles. The molecule has 0 fully saturated rings. The molecule has 0 amide bonds. The van der Waals surface area contributed by atoms with Crippen LogP contribution in [0.25, 0.3) is 37.2 Å². The van der Waals surface area contributed by atoms with Crippen molar-refractivity contribution in [3.8, 4) is 21.9 Å². The molecular formula is C20H12ClF2N5O3S2. The molecule has 33 heavy (non-hydrogen) atoms. The van der Waals surface area contributed by atoms with Gasteiger partial charge in [-0.3, -0.25) is 14.5 Å². The van der Waals surface area contributed by atoms with Gasteiger partial charge in [0, 0.05) is 29.1 Å². The average molecular weight is 508 g/mol. The third-order valence-corrected chi connectivity index (χ3v) is 7.08. The van der Waals surface area contributed by atoms with Crippen LogP contribution in [0.15, 0.2) is 46.4 Å². The molecule has 168 valence electrons. The zero-order valence-electron chi connectivity index (χ0n) is 16.9. The van der Waals surface area contributed by atoms with Crippen molar-refractivity contribution < 1.29 is 13.0 Å². The van der Waals surface area contributed by atoms with Gasteiger partial charge in [-0.15, -0.1) is 15.2 Å². The Hall–Kier alpha value is -3.22. The van der Waals surface area contributed by atoms with Crippen LogP contribution in [0.1, 0.15) is 0 Å². The van der Waals surface area contributed by atoms with Gasteiger partial charge in [0.2, 0.25) is 0 Å². The number of halogens is 3. The number of thiophene rings is 1. The topological polar surface area (TPSA) is 83.9 Å². The zero-order valence-corrected chi connectivity index (χ0v) is 19.3. The number of rotatable bonds is 4. The van der Waals surface area contributed by atoms with Gasteiger partial charge in [-0.05, 0) is 18.2 Å². The second kappa shape index (κ2) is 7.97. The lowest BCUT2D eigenvalue weighted by Crippen LogP contribution is -2.36. The van der Waals surface area contributed by atoms with E-state index in [0.717, 1.165) is 25.9 Å². The Balaban J connectivity index is 1.85. The lowest BCUT2D eigenvalue weighted by Gasteiger charge is -2.09. The summed E-state index contributed by atoms with van der Waals surface area (Å²) in [4.78, 5) is 31.2. The zero-order chi connectivity index (χ0) is 23.4. The number of aryl methyl sites for hydroxylation is 1. The van der Waals surface area contributed by atoms with Gasteiger partial charge in [0.05, 0.1) is 41.2 Å². The lowest BCUT2D eigenvalue weighted by atomic mass is 10.1. The molecule has 0 aliphatic rings. The summed E-state index contributed by atoms with van der Waals surface area (Å²) in [6.45, 7) is 0. The Labute approximate surface area is 197 Å². The Kier molecular flexibility index (Phi) is 5.22. The summed E-state index contributed by atoms with van der Waals surface area (Å²) in [5, 5.41) is 4.83. The molecule has 8 nitrogen and oxygen atoms in total. The normalized spacial score (nSPS) is 11.5. The van der Waals surface area contributed by atoms with E-state index in [1.54, 1.807) is 19.4 Å². The molecule has 0 atom stereocenters. The number of nitrogens with zero attached hydrogens (tertiary/aromatic N) is 5. The van der Waals surface area contributed by atoms with Crippen LogP contribution in [0.3, 0.4) is 0 Å². The van der Waals surface area contributed by atoms with Crippen LogP contribution in [0, 0.1) is 5.82 Å². The highest BCUT2D eigenvalue weighted by atomic mass is 35.5. The van der Waals surface area contributed by atoms with Crippen LogP contribution < -0.4 is 16.0 Å². The third kappa shape index (κ3) is 3.24. The molecular weight excluding hydrogens is 496 g/mol. The molecule has 4 aromatic heterocycles. The van der Waals surface area contributed by atoms with Crippen molar-refractivity contribution in [2.24, 2.45) is 7.05 Å². The number of fused-ring (bicyclic) bond motifs is 2. The van der Waals surface area contributed by atoms with Crippen LogP contribution in [-0.4, -0.2) is 30.4 Å². The van der Waals surface area contributed by atoms with Crippen molar-refractivity contribution in [3.63, 3.8) is 0 Å². The first-order chi connectivity index (χ1) is 15.8. The molecule has 0 aliphatic heterocycles. The maximum Gasteiger partial charge on any atom is 0.348 e. The number of methoxy groups -OCH3 is 1. The molecule has 0 radical (unpaired) electrons. The average Bonchev–Trinajstić information content (AvgIpc) is 3.39. The number of hydrogen-bond donors (Lipinski definition) is 0. The summed E-state index contributed by atoms with van der Waals surface area (Å²) in [6.07, 6.45) is 4.44. The van der Waals surface area contributed by atoms with E-state index in [4.69, 9.17) is 16.3 Å². The molecule has 0 aliphatic carbocycles. The Morgan fingerprint density at radius 2 is 1.97 bits per heavy atom. The first-order valence-corrected chi connectivity index (χ1v) is 11.1. The fourth-order valence-electron chi connectivity index (χ4n) is 3.63. The predicted molar refractivity (Wildman–Crippen MR) is 125 cm³/mol. The molecule has 0 unspecified atom stereocenters. The summed E-state index contributed by atoms with van der Waals surface area (Å²) >= 11 is 6.89. The van der Waals surface area contributed by atoms with Crippen LogP contribution in [0.5, 0.6) is 5.75 Å². The summed E-state index contributed by atoms with van der Waals surface area (Å²) in [6, 6.07) is 3.93. The van der Waals surface area contributed by atoms with E-state index < -0.39 is 17.1 Å². The first kappa shape index (κ1) is 21.6. The molecule has 13 heteroatoms. The Morgan fingerprint density at radius 3 is 2.70 bits per heavy atom. The summed E-state index contributed by atoms with van der Waals surface area (Å²) in [5.41, 5.74) is -0.454. The van der Waals surface area contributed by atoms with E-state index in [2.05, 4.69) is 10.1 Å². The minimum Gasteiger partial charge on any atom is -0.494 e. The Morgan fingerprint density at radius 1 is 1.18 bits per heavy atom. The summed E-state index contributed by atoms with van der Waals surface area (Å²) < 4.78 is 36.2. The number of ether oxygens (including phenoxy) is 1. The number of benzene rings is 1. The van der Waals surface area contributed by atoms with Gasteiger partial charge in [0.15, 0.2) is 23.9 Å². The van der Waals surface area contributed by atoms with Crippen LogP contribution >= 0.6 is 35.3 Å². The molecule has 0 bridgehead atoms. The standard InChI is InChI=1S/C20H12ClF2N5O3S2/c1-26-17-9(7-25-26)6-24-8-14(17)27-19(29)18-13(28(33-23)20(27)30)5-16(32-18)10-3-15(31-2)12(22)4-11(10)21/h3-8H,1-2H3. The van der Waals surface area contributed by atoms with Gasteiger partial charge in [0.1, 0.15) is 4.70 Å². The van der Waals surface area contributed by atoms with Crippen LogP contribution in [0.4, 0.5) is 8.28 Å². The summed E-state index contributed by atoms with van der Waals surface area (Å²) in [5.74, 6) is -0.696. The van der Waals surface area contributed by atoms with Gasteiger partial charge in [-0.2, -0.15) is 5.10 Å². The number of aromatic nitrogens is 5. The molecule has 0 saturated heterocycles. The van der Waals surface area contributed by atoms with Gasteiger partial charge in [-0.1, -0.05) is 11.6 Å². The summed E-state index contributed by atoms with van der Waals surface area (Å²) in [7, 11) is 2.97. The minimum atomic E-state index is -0.900. The second-order valence-electron chi connectivity index (χ2n) is 6.94. The Bertz CT molecular complexity index is 1690. The smallest absolute Gasteiger partial charge is 0.348 e. The van der Waals surface area contributed by atoms with Gasteiger partial charge in [0.25, 0.3) is 5.56 Å².